The highest BCUT2D eigenvalue weighted by Crippen LogP contribution is 2.42. The summed E-state index contributed by atoms with van der Waals surface area (Å²) in [5.74, 6) is 1.87. The first-order valence-electron chi connectivity index (χ1n) is 9.46. The molecule has 5 heteroatoms. The summed E-state index contributed by atoms with van der Waals surface area (Å²) in [5, 5.41) is 0. The number of hydrogen-bond acceptors (Lipinski definition) is 4. The van der Waals surface area contributed by atoms with Crippen molar-refractivity contribution in [3.63, 3.8) is 0 Å². The van der Waals surface area contributed by atoms with Gasteiger partial charge in [0.15, 0.2) is 0 Å². The molecule has 3 aliphatic heterocycles. The average Bonchev–Trinajstić information content (AvgIpc) is 3.19. The van der Waals surface area contributed by atoms with Gasteiger partial charge in [-0.15, -0.1) is 0 Å². The zero-order valence-electron chi connectivity index (χ0n) is 15.1. The Morgan fingerprint density at radius 3 is 2.92 bits per heavy atom. The van der Waals surface area contributed by atoms with E-state index in [-0.39, 0.29) is 5.60 Å². The highest BCUT2D eigenvalue weighted by molar-refractivity contribution is 5.78. The third-order valence-electron chi connectivity index (χ3n) is 6.09. The van der Waals surface area contributed by atoms with Gasteiger partial charge in [-0.1, -0.05) is 18.2 Å². The van der Waals surface area contributed by atoms with Crippen molar-refractivity contribution >= 4 is 5.91 Å². The molecular weight excluding hydrogens is 316 g/mol. The minimum absolute atomic E-state index is 0.0186. The first kappa shape index (κ1) is 16.9. The maximum Gasteiger partial charge on any atom is 0.222 e. The van der Waals surface area contributed by atoms with Gasteiger partial charge in [-0.2, -0.15) is 0 Å². The second kappa shape index (κ2) is 6.96. The van der Waals surface area contributed by atoms with Gasteiger partial charge in [0.25, 0.3) is 0 Å². The molecule has 0 bridgehead atoms. The maximum atomic E-state index is 11.8. The van der Waals surface area contributed by atoms with E-state index in [2.05, 4.69) is 17.0 Å². The fraction of sp³-hybridized carbons (Fsp3) is 0.650. The van der Waals surface area contributed by atoms with Crippen molar-refractivity contribution in [2.75, 3.05) is 39.9 Å². The summed E-state index contributed by atoms with van der Waals surface area (Å²) in [6, 6.07) is 8.23. The quantitative estimate of drug-likeness (QED) is 0.794. The first-order valence-corrected chi connectivity index (χ1v) is 9.46. The van der Waals surface area contributed by atoms with Crippen LogP contribution in [0.3, 0.4) is 0 Å². The van der Waals surface area contributed by atoms with Crippen LogP contribution in [0.5, 0.6) is 5.75 Å². The Morgan fingerprint density at radius 2 is 2.16 bits per heavy atom. The number of nitrogens with zero attached hydrogens (tertiary/aromatic N) is 2. The second-order valence-corrected chi connectivity index (χ2v) is 7.63. The summed E-state index contributed by atoms with van der Waals surface area (Å²) in [5.41, 5.74) is 1.25. The number of amides is 1. The molecule has 0 aromatic heterocycles. The monoisotopic (exact) mass is 344 g/mol. The molecule has 3 saturated heterocycles. The predicted octanol–water partition coefficient (Wildman–Crippen LogP) is 2.30. The summed E-state index contributed by atoms with van der Waals surface area (Å²) in [7, 11) is 1.73. The number of benzene rings is 1. The Morgan fingerprint density at radius 1 is 1.32 bits per heavy atom. The molecule has 1 atom stereocenters. The van der Waals surface area contributed by atoms with Crippen molar-refractivity contribution in [1.29, 1.82) is 0 Å². The van der Waals surface area contributed by atoms with E-state index in [1.54, 1.807) is 7.11 Å². The zero-order valence-corrected chi connectivity index (χ0v) is 15.1. The molecule has 1 aromatic rings. The lowest BCUT2D eigenvalue weighted by Crippen LogP contribution is -2.64. The van der Waals surface area contributed by atoms with Crippen LogP contribution in [-0.4, -0.2) is 61.2 Å². The van der Waals surface area contributed by atoms with E-state index >= 15 is 0 Å². The normalized spacial score (nSPS) is 25.6. The van der Waals surface area contributed by atoms with Gasteiger partial charge in [0.05, 0.1) is 12.7 Å². The van der Waals surface area contributed by atoms with Crippen molar-refractivity contribution in [3.8, 4) is 5.75 Å². The van der Waals surface area contributed by atoms with Crippen molar-refractivity contribution in [2.45, 2.75) is 37.8 Å². The van der Waals surface area contributed by atoms with Gasteiger partial charge in [-0.25, -0.2) is 0 Å². The maximum absolute atomic E-state index is 11.8. The Hall–Kier alpha value is -1.59. The van der Waals surface area contributed by atoms with Crippen LogP contribution in [0, 0.1) is 5.92 Å². The van der Waals surface area contributed by atoms with E-state index in [9.17, 15) is 4.79 Å². The predicted molar refractivity (Wildman–Crippen MR) is 95.5 cm³/mol. The van der Waals surface area contributed by atoms with Crippen LogP contribution >= 0.6 is 0 Å². The number of carbonyl (C=O) groups excluding carboxylic acids is 1. The largest absolute Gasteiger partial charge is 0.496 e. The summed E-state index contributed by atoms with van der Waals surface area (Å²) in [6.07, 6.45) is 3.97. The van der Waals surface area contributed by atoms with Crippen molar-refractivity contribution in [3.05, 3.63) is 29.8 Å². The molecule has 0 radical (unpaired) electrons. The molecule has 3 fully saturated rings. The number of rotatable bonds is 6. The second-order valence-electron chi connectivity index (χ2n) is 7.63. The molecule has 3 heterocycles. The standard InChI is InChI=1S/C20H28N2O3/c1-24-18-6-3-2-5-16(18)13-21-14-20(15-21)17(9-12-25-20)8-11-22-10-4-7-19(22)23/h2-3,5-6,17H,4,7-15H2,1H3/t17-/m0/s1. The smallest absolute Gasteiger partial charge is 0.222 e. The van der Waals surface area contributed by atoms with Gasteiger partial charge in [0, 0.05) is 51.3 Å². The minimum Gasteiger partial charge on any atom is -0.496 e. The number of likely N-dealkylation sites (tertiary alicyclic amines) is 2. The topological polar surface area (TPSA) is 42.0 Å². The number of hydrogen-bond donors (Lipinski definition) is 0. The summed E-state index contributed by atoms with van der Waals surface area (Å²) < 4.78 is 11.6. The van der Waals surface area contributed by atoms with Gasteiger partial charge in [0.1, 0.15) is 5.75 Å². The average molecular weight is 344 g/mol. The van der Waals surface area contributed by atoms with Crippen LogP contribution in [0.15, 0.2) is 24.3 Å². The number of ether oxygens (including phenoxy) is 2. The van der Waals surface area contributed by atoms with Crippen LogP contribution in [0.25, 0.3) is 0 Å². The lowest BCUT2D eigenvalue weighted by molar-refractivity contribution is -0.139. The third kappa shape index (κ3) is 3.27. The fourth-order valence-electron chi connectivity index (χ4n) is 4.69. The Bertz CT molecular complexity index is 627. The van der Waals surface area contributed by atoms with Gasteiger partial charge in [0.2, 0.25) is 5.91 Å². The molecule has 3 aliphatic rings. The molecule has 0 aliphatic carbocycles. The van der Waals surface area contributed by atoms with Crippen LogP contribution in [-0.2, 0) is 16.1 Å². The van der Waals surface area contributed by atoms with Crippen LogP contribution in [0.4, 0.5) is 0 Å². The summed E-state index contributed by atoms with van der Waals surface area (Å²) >= 11 is 0. The van der Waals surface area contributed by atoms with E-state index in [0.29, 0.717) is 11.8 Å². The van der Waals surface area contributed by atoms with Gasteiger partial charge >= 0.3 is 0 Å². The van der Waals surface area contributed by atoms with E-state index in [0.717, 1.165) is 70.8 Å². The van der Waals surface area contributed by atoms with E-state index < -0.39 is 0 Å². The molecule has 1 spiro atoms. The van der Waals surface area contributed by atoms with E-state index in [1.165, 1.54) is 5.56 Å². The lowest BCUT2D eigenvalue weighted by atomic mass is 9.78. The number of para-hydroxylation sites is 1. The van der Waals surface area contributed by atoms with E-state index in [1.807, 2.05) is 17.0 Å². The molecule has 1 amide bonds. The first-order chi connectivity index (χ1) is 12.2. The van der Waals surface area contributed by atoms with Crippen molar-refractivity contribution in [1.82, 2.24) is 9.80 Å². The molecule has 136 valence electrons. The SMILES string of the molecule is COc1ccccc1CN1CC2(C1)OCC[C@@H]2CCN1CCCC1=O. The lowest BCUT2D eigenvalue weighted by Gasteiger charge is -2.50. The van der Waals surface area contributed by atoms with Gasteiger partial charge < -0.3 is 14.4 Å². The third-order valence-corrected chi connectivity index (χ3v) is 6.09. The Kier molecular flexibility index (Phi) is 4.69. The summed E-state index contributed by atoms with van der Waals surface area (Å²) in [4.78, 5) is 16.3. The van der Waals surface area contributed by atoms with Crippen molar-refractivity contribution < 1.29 is 14.3 Å². The Labute approximate surface area is 149 Å². The molecule has 0 N–H and O–H groups in total. The van der Waals surface area contributed by atoms with Crippen LogP contribution in [0.1, 0.15) is 31.2 Å². The number of carbonyl (C=O) groups is 1. The molecule has 0 unspecified atom stereocenters. The molecule has 25 heavy (non-hydrogen) atoms. The highest BCUT2D eigenvalue weighted by atomic mass is 16.5. The van der Waals surface area contributed by atoms with E-state index in [4.69, 9.17) is 9.47 Å². The fourth-order valence-corrected chi connectivity index (χ4v) is 4.69. The molecular formula is C20H28N2O3. The van der Waals surface area contributed by atoms with Gasteiger partial charge in [-0.3, -0.25) is 9.69 Å². The molecule has 4 rings (SSSR count). The van der Waals surface area contributed by atoms with Gasteiger partial charge in [-0.05, 0) is 31.2 Å². The molecule has 1 aromatic carbocycles. The van der Waals surface area contributed by atoms with Crippen molar-refractivity contribution in [2.24, 2.45) is 5.92 Å². The van der Waals surface area contributed by atoms with Crippen LogP contribution in [0.2, 0.25) is 0 Å². The Balaban J connectivity index is 1.32. The minimum atomic E-state index is 0.0186. The number of methoxy groups -OCH3 is 1. The molecule has 0 saturated carbocycles. The summed E-state index contributed by atoms with van der Waals surface area (Å²) in [6.45, 7) is 5.60. The zero-order chi connectivity index (χ0) is 17.3. The molecule has 5 nitrogen and oxygen atoms in total. The van der Waals surface area contributed by atoms with Crippen LogP contribution < -0.4 is 4.74 Å². The highest BCUT2D eigenvalue weighted by Gasteiger charge is 2.52.